The molecule has 42 heavy (non-hydrogen) atoms. The van der Waals surface area contributed by atoms with Gasteiger partial charge in [0, 0.05) is 32.0 Å². The van der Waals surface area contributed by atoms with Crippen molar-refractivity contribution in [2.75, 3.05) is 13.2 Å². The molecule has 238 valence electrons. The molecular weight excluding hydrogens is 565 g/mol. The monoisotopic (exact) mass is 620 g/mol. The van der Waals surface area contributed by atoms with Gasteiger partial charge in [0.2, 0.25) is 0 Å². The summed E-state index contributed by atoms with van der Waals surface area (Å²) in [5.41, 5.74) is 3.08. The molecule has 0 fully saturated rings. The van der Waals surface area contributed by atoms with Gasteiger partial charge in [-0.05, 0) is 59.8 Å². The van der Waals surface area contributed by atoms with Crippen LogP contribution in [0.5, 0.6) is 11.5 Å². The molecule has 0 aromatic heterocycles. The van der Waals surface area contributed by atoms with Gasteiger partial charge < -0.3 is 25.2 Å². The van der Waals surface area contributed by atoms with E-state index in [1.165, 1.54) is 0 Å². The van der Waals surface area contributed by atoms with Crippen molar-refractivity contribution in [3.63, 3.8) is 0 Å². The standard InChI is InChI=1S/C35H56O5S2/c1-31(2,3)23-15-21(16-24(29(23)39)32(4,5)6)41-35(13,14)42-22-17-25(33(7,8)9)30(26(18-22)34(10,11)12)40-20-28(38)27(37)19-36/h15-18,27-28,36-39H,19-20H2,1-14H3/t27-,28+/m1/s1. The Hall–Kier alpha value is -1.38. The van der Waals surface area contributed by atoms with Crippen molar-refractivity contribution in [3.05, 3.63) is 46.5 Å². The maximum Gasteiger partial charge on any atom is 0.126 e. The molecule has 2 aromatic rings. The van der Waals surface area contributed by atoms with E-state index in [0.717, 1.165) is 37.8 Å². The van der Waals surface area contributed by atoms with E-state index >= 15 is 0 Å². The van der Waals surface area contributed by atoms with Crippen LogP contribution in [0.3, 0.4) is 0 Å². The van der Waals surface area contributed by atoms with Crippen molar-refractivity contribution in [1.29, 1.82) is 0 Å². The highest BCUT2D eigenvalue weighted by atomic mass is 32.2. The second kappa shape index (κ2) is 12.9. The van der Waals surface area contributed by atoms with Gasteiger partial charge in [-0.1, -0.05) is 83.1 Å². The van der Waals surface area contributed by atoms with E-state index in [1.807, 2.05) is 0 Å². The summed E-state index contributed by atoms with van der Waals surface area (Å²) < 4.78 is 5.99. The van der Waals surface area contributed by atoms with Crippen LogP contribution in [0.2, 0.25) is 0 Å². The van der Waals surface area contributed by atoms with E-state index < -0.39 is 18.8 Å². The molecule has 2 aromatic carbocycles. The van der Waals surface area contributed by atoms with Gasteiger partial charge in [0.05, 0.1) is 10.7 Å². The average molecular weight is 621 g/mol. The predicted octanol–water partition coefficient (Wildman–Crippen LogP) is 8.30. The topological polar surface area (TPSA) is 90.2 Å². The molecule has 0 aliphatic carbocycles. The van der Waals surface area contributed by atoms with Crippen LogP contribution in [-0.4, -0.2) is 49.9 Å². The van der Waals surface area contributed by atoms with Crippen LogP contribution in [0.25, 0.3) is 0 Å². The number of benzene rings is 2. The largest absolute Gasteiger partial charge is 0.507 e. The number of hydrogen-bond acceptors (Lipinski definition) is 7. The molecule has 0 unspecified atom stereocenters. The molecule has 0 spiro atoms. The summed E-state index contributed by atoms with van der Waals surface area (Å²) in [5, 5.41) is 40.7. The number of hydrogen-bond donors (Lipinski definition) is 4. The van der Waals surface area contributed by atoms with E-state index in [-0.39, 0.29) is 32.3 Å². The Morgan fingerprint density at radius 1 is 0.595 bits per heavy atom. The highest BCUT2D eigenvalue weighted by Gasteiger charge is 2.32. The van der Waals surface area contributed by atoms with E-state index in [9.17, 15) is 20.4 Å². The zero-order valence-electron chi connectivity index (χ0n) is 28.4. The minimum Gasteiger partial charge on any atom is -0.507 e. The van der Waals surface area contributed by atoms with Crippen molar-refractivity contribution in [1.82, 2.24) is 0 Å². The van der Waals surface area contributed by atoms with Gasteiger partial charge in [0.25, 0.3) is 0 Å². The van der Waals surface area contributed by atoms with Crippen LogP contribution < -0.4 is 4.74 Å². The molecule has 2 atom stereocenters. The molecule has 0 saturated heterocycles. The molecule has 0 aliphatic rings. The Labute approximate surface area is 263 Å². The summed E-state index contributed by atoms with van der Waals surface area (Å²) in [7, 11) is 0. The molecule has 0 radical (unpaired) electrons. The van der Waals surface area contributed by atoms with Crippen LogP contribution in [0.15, 0.2) is 34.1 Å². The van der Waals surface area contributed by atoms with Gasteiger partial charge in [-0.2, -0.15) is 0 Å². The molecule has 0 amide bonds. The number of aliphatic hydroxyl groups is 3. The normalized spacial score (nSPS) is 15.1. The number of rotatable bonds is 9. The van der Waals surface area contributed by atoms with Crippen LogP contribution in [0, 0.1) is 0 Å². The molecule has 0 saturated carbocycles. The molecule has 5 nitrogen and oxygen atoms in total. The third-order valence-electron chi connectivity index (χ3n) is 7.13. The third-order valence-corrected chi connectivity index (χ3v) is 9.56. The van der Waals surface area contributed by atoms with Crippen molar-refractivity contribution in [2.45, 2.75) is 145 Å². The van der Waals surface area contributed by atoms with Crippen LogP contribution in [0.1, 0.15) is 119 Å². The van der Waals surface area contributed by atoms with Crippen molar-refractivity contribution >= 4 is 23.5 Å². The molecule has 2 rings (SSSR count). The highest BCUT2D eigenvalue weighted by molar-refractivity contribution is 8.18. The average Bonchev–Trinajstić information content (AvgIpc) is 2.79. The Kier molecular flexibility index (Phi) is 11.3. The summed E-state index contributed by atoms with van der Waals surface area (Å²) in [6.07, 6.45) is -2.45. The quantitative estimate of drug-likeness (QED) is 0.166. The molecule has 0 heterocycles. The van der Waals surface area contributed by atoms with Gasteiger partial charge in [0.15, 0.2) is 0 Å². The smallest absolute Gasteiger partial charge is 0.126 e. The number of aromatic hydroxyl groups is 1. The zero-order valence-corrected chi connectivity index (χ0v) is 30.0. The van der Waals surface area contributed by atoms with Gasteiger partial charge >= 0.3 is 0 Å². The van der Waals surface area contributed by atoms with Gasteiger partial charge in [-0.15, -0.1) is 23.5 Å². The maximum atomic E-state index is 11.2. The van der Waals surface area contributed by atoms with E-state index in [0.29, 0.717) is 5.75 Å². The second-order valence-corrected chi connectivity index (χ2v) is 19.6. The SMILES string of the molecule is CC(C)(Sc1cc(C(C)(C)C)c(O)c(C(C)(C)C)c1)Sc1cc(C(C)(C)C)c(OC[C@H](O)[C@H](O)CO)c(C(C)(C)C)c1. The first-order chi connectivity index (χ1) is 18.8. The molecule has 0 aliphatic heterocycles. The van der Waals surface area contributed by atoms with Gasteiger partial charge in [0.1, 0.15) is 30.3 Å². The zero-order chi connectivity index (χ0) is 32.6. The Morgan fingerprint density at radius 3 is 1.24 bits per heavy atom. The van der Waals surface area contributed by atoms with E-state index in [1.54, 1.807) is 23.5 Å². The first-order valence-corrected chi connectivity index (χ1v) is 16.5. The maximum absolute atomic E-state index is 11.2. The van der Waals surface area contributed by atoms with Crippen molar-refractivity contribution in [3.8, 4) is 11.5 Å². The number of thioether (sulfide) groups is 2. The second-order valence-electron chi connectivity index (χ2n) is 15.9. The first kappa shape index (κ1) is 36.8. The lowest BCUT2D eigenvalue weighted by Crippen LogP contribution is -2.35. The highest BCUT2D eigenvalue weighted by Crippen LogP contribution is 2.51. The summed E-state index contributed by atoms with van der Waals surface area (Å²) in [6.45, 7) is 29.5. The Balaban J connectivity index is 2.60. The number of phenols is 1. The van der Waals surface area contributed by atoms with Crippen molar-refractivity contribution < 1.29 is 25.2 Å². The predicted molar refractivity (Wildman–Crippen MR) is 180 cm³/mol. The lowest BCUT2D eigenvalue weighted by molar-refractivity contribution is -0.0344. The minimum absolute atomic E-state index is 0.116. The summed E-state index contributed by atoms with van der Waals surface area (Å²) in [4.78, 5) is 2.25. The van der Waals surface area contributed by atoms with Crippen LogP contribution in [-0.2, 0) is 21.7 Å². The van der Waals surface area contributed by atoms with Crippen LogP contribution in [0.4, 0.5) is 0 Å². The number of aliphatic hydroxyl groups excluding tert-OH is 3. The molecule has 0 bridgehead atoms. The number of phenolic OH excluding ortho intramolecular Hbond substituents is 1. The lowest BCUT2D eigenvalue weighted by atomic mass is 9.79. The van der Waals surface area contributed by atoms with E-state index in [2.05, 4.69) is 121 Å². The number of ether oxygens (including phenoxy) is 1. The summed E-state index contributed by atoms with van der Waals surface area (Å²) in [6, 6.07) is 8.65. The first-order valence-electron chi connectivity index (χ1n) is 14.8. The van der Waals surface area contributed by atoms with E-state index in [4.69, 9.17) is 4.74 Å². The lowest BCUT2D eigenvalue weighted by Gasteiger charge is -2.33. The van der Waals surface area contributed by atoms with Gasteiger partial charge in [-0.25, -0.2) is 0 Å². The van der Waals surface area contributed by atoms with Crippen molar-refractivity contribution in [2.24, 2.45) is 0 Å². The Morgan fingerprint density at radius 2 is 0.929 bits per heavy atom. The Bertz CT molecular complexity index is 1150. The third kappa shape index (κ3) is 9.56. The van der Waals surface area contributed by atoms with Gasteiger partial charge in [-0.3, -0.25) is 0 Å². The van der Waals surface area contributed by atoms with Crippen LogP contribution >= 0.6 is 23.5 Å². The summed E-state index contributed by atoms with van der Waals surface area (Å²) >= 11 is 3.59. The molecular formula is C35H56O5S2. The molecule has 7 heteroatoms. The fraction of sp³-hybridized carbons (Fsp3) is 0.657. The molecule has 4 N–H and O–H groups in total. The summed E-state index contributed by atoms with van der Waals surface area (Å²) in [5.74, 6) is 1.11. The minimum atomic E-state index is -1.26. The fourth-order valence-electron chi connectivity index (χ4n) is 4.73. The fourth-order valence-corrected chi connectivity index (χ4v) is 7.32.